The largest absolute Gasteiger partial charge is 0.489 e. The lowest BCUT2D eigenvalue weighted by molar-refractivity contribution is -0.114. The van der Waals surface area contributed by atoms with Crippen LogP contribution in [0.25, 0.3) is 0 Å². The normalized spacial score (nSPS) is 13.5. The maximum absolute atomic E-state index is 12.7. The quantitative estimate of drug-likeness (QED) is 0.496. The second kappa shape index (κ2) is 10.6. The minimum Gasteiger partial charge on any atom is -0.489 e. The van der Waals surface area contributed by atoms with E-state index in [1.165, 1.54) is 12.8 Å². The van der Waals surface area contributed by atoms with Crippen molar-refractivity contribution in [3.8, 4) is 5.75 Å². The average Bonchev–Trinajstić information content (AvgIpc) is 3.37. The van der Waals surface area contributed by atoms with Gasteiger partial charge in [-0.15, -0.1) is 0 Å². The van der Waals surface area contributed by atoms with Crippen LogP contribution in [-0.4, -0.2) is 40.2 Å². The first-order valence-corrected chi connectivity index (χ1v) is 13.1. The van der Waals surface area contributed by atoms with Crippen molar-refractivity contribution in [2.24, 2.45) is 0 Å². The van der Waals surface area contributed by atoms with Gasteiger partial charge in [-0.05, 0) is 66.9 Å². The molecule has 0 radical (unpaired) electrons. The van der Waals surface area contributed by atoms with Crippen molar-refractivity contribution in [2.75, 3.05) is 40.4 Å². The van der Waals surface area contributed by atoms with Crippen LogP contribution in [0.2, 0.25) is 0 Å². The van der Waals surface area contributed by atoms with Crippen LogP contribution in [0.15, 0.2) is 78.9 Å². The molecular weight excluding hydrogens is 450 g/mol. The van der Waals surface area contributed by atoms with Gasteiger partial charge in [-0.3, -0.25) is 9.10 Å². The molecule has 1 saturated heterocycles. The Hall–Kier alpha value is -3.52. The van der Waals surface area contributed by atoms with E-state index in [4.69, 9.17) is 4.74 Å². The van der Waals surface area contributed by atoms with Gasteiger partial charge < -0.3 is 15.0 Å². The Balaban J connectivity index is 1.38. The van der Waals surface area contributed by atoms with Crippen molar-refractivity contribution in [3.05, 3.63) is 84.4 Å². The van der Waals surface area contributed by atoms with Gasteiger partial charge in [-0.25, -0.2) is 8.42 Å². The van der Waals surface area contributed by atoms with Crippen molar-refractivity contribution in [1.82, 2.24) is 0 Å². The Labute approximate surface area is 201 Å². The molecule has 0 aromatic heterocycles. The number of rotatable bonds is 9. The third kappa shape index (κ3) is 6.29. The number of sulfonamides is 1. The van der Waals surface area contributed by atoms with E-state index in [0.29, 0.717) is 23.7 Å². The van der Waals surface area contributed by atoms with E-state index in [2.05, 4.69) is 10.2 Å². The van der Waals surface area contributed by atoms with Crippen LogP contribution in [0.1, 0.15) is 18.4 Å². The summed E-state index contributed by atoms with van der Waals surface area (Å²) < 4.78 is 31.7. The molecule has 0 atom stereocenters. The predicted molar refractivity (Wildman–Crippen MR) is 136 cm³/mol. The van der Waals surface area contributed by atoms with Crippen molar-refractivity contribution in [2.45, 2.75) is 19.4 Å². The number of amides is 1. The highest BCUT2D eigenvalue weighted by Crippen LogP contribution is 2.24. The molecule has 1 fully saturated rings. The summed E-state index contributed by atoms with van der Waals surface area (Å²) >= 11 is 0. The third-order valence-electron chi connectivity index (χ3n) is 5.68. The molecule has 3 aromatic rings. The minimum atomic E-state index is -3.67. The Morgan fingerprint density at radius 3 is 2.21 bits per heavy atom. The molecule has 4 rings (SSSR count). The van der Waals surface area contributed by atoms with Crippen LogP contribution in [0, 0.1) is 0 Å². The zero-order chi connectivity index (χ0) is 24.0. The predicted octanol–water partition coefficient (Wildman–Crippen LogP) is 4.27. The molecule has 0 unspecified atom stereocenters. The molecule has 34 heavy (non-hydrogen) atoms. The standard InChI is InChI=1S/C26H29N3O4S/c1-34(31,32)29(24-13-15-25(16-14-24)33-20-21-7-3-2-4-8-21)19-26(30)27-22-9-11-23(12-10-22)28-17-5-6-18-28/h2-4,7-16H,5-6,17-20H2,1H3,(H,27,30). The van der Waals surface area contributed by atoms with Gasteiger partial charge in [0.15, 0.2) is 0 Å². The Morgan fingerprint density at radius 1 is 0.941 bits per heavy atom. The summed E-state index contributed by atoms with van der Waals surface area (Å²) in [6, 6.07) is 24.1. The van der Waals surface area contributed by atoms with E-state index >= 15 is 0 Å². The lowest BCUT2D eigenvalue weighted by Crippen LogP contribution is -2.37. The summed E-state index contributed by atoms with van der Waals surface area (Å²) in [5.41, 5.74) is 3.19. The van der Waals surface area contributed by atoms with Gasteiger partial charge in [0, 0.05) is 24.5 Å². The second-order valence-electron chi connectivity index (χ2n) is 8.33. The topological polar surface area (TPSA) is 79.0 Å². The van der Waals surface area contributed by atoms with Crippen molar-refractivity contribution >= 4 is 33.0 Å². The fraction of sp³-hybridized carbons (Fsp3) is 0.269. The number of nitrogens with one attached hydrogen (secondary N) is 1. The molecule has 1 aliphatic heterocycles. The van der Waals surface area contributed by atoms with Gasteiger partial charge in [0.05, 0.1) is 11.9 Å². The van der Waals surface area contributed by atoms with Crippen LogP contribution < -0.4 is 19.3 Å². The van der Waals surface area contributed by atoms with Crippen molar-refractivity contribution < 1.29 is 17.9 Å². The van der Waals surface area contributed by atoms with Gasteiger partial charge in [0.2, 0.25) is 15.9 Å². The summed E-state index contributed by atoms with van der Waals surface area (Å²) in [5.74, 6) is 0.201. The summed E-state index contributed by atoms with van der Waals surface area (Å²) in [6.45, 7) is 2.18. The smallest absolute Gasteiger partial charge is 0.245 e. The lowest BCUT2D eigenvalue weighted by Gasteiger charge is -2.22. The number of benzene rings is 3. The Bertz CT molecular complexity index is 1190. The number of carbonyl (C=O) groups is 1. The molecule has 3 aromatic carbocycles. The van der Waals surface area contributed by atoms with Gasteiger partial charge in [-0.2, -0.15) is 0 Å². The molecule has 0 aliphatic carbocycles. The van der Waals surface area contributed by atoms with Gasteiger partial charge in [0.1, 0.15) is 18.9 Å². The summed E-state index contributed by atoms with van der Waals surface area (Å²) in [7, 11) is -3.67. The van der Waals surface area contributed by atoms with E-state index < -0.39 is 15.9 Å². The molecule has 1 N–H and O–H groups in total. The fourth-order valence-electron chi connectivity index (χ4n) is 3.91. The SMILES string of the molecule is CS(=O)(=O)N(CC(=O)Nc1ccc(N2CCCC2)cc1)c1ccc(OCc2ccccc2)cc1. The summed E-state index contributed by atoms with van der Waals surface area (Å²) in [5, 5.41) is 2.79. The second-order valence-corrected chi connectivity index (χ2v) is 10.2. The molecule has 1 heterocycles. The van der Waals surface area contributed by atoms with E-state index in [-0.39, 0.29) is 6.54 Å². The van der Waals surface area contributed by atoms with Crippen molar-refractivity contribution in [3.63, 3.8) is 0 Å². The molecule has 1 amide bonds. The number of hydrogen-bond acceptors (Lipinski definition) is 5. The number of ether oxygens (including phenoxy) is 1. The third-order valence-corrected chi connectivity index (χ3v) is 6.82. The highest BCUT2D eigenvalue weighted by molar-refractivity contribution is 7.92. The molecule has 0 bridgehead atoms. The number of anilines is 3. The van der Waals surface area contributed by atoms with E-state index in [0.717, 1.165) is 34.9 Å². The Morgan fingerprint density at radius 2 is 1.59 bits per heavy atom. The van der Waals surface area contributed by atoms with Crippen LogP contribution in [0.3, 0.4) is 0 Å². The molecular formula is C26H29N3O4S. The molecule has 7 nitrogen and oxygen atoms in total. The monoisotopic (exact) mass is 479 g/mol. The van der Waals surface area contributed by atoms with Gasteiger partial charge in [-0.1, -0.05) is 30.3 Å². The average molecular weight is 480 g/mol. The summed E-state index contributed by atoms with van der Waals surface area (Å²) in [4.78, 5) is 15.0. The first-order chi connectivity index (χ1) is 16.4. The zero-order valence-electron chi connectivity index (χ0n) is 19.2. The number of carbonyl (C=O) groups excluding carboxylic acids is 1. The number of hydrogen-bond donors (Lipinski definition) is 1. The first-order valence-electron chi connectivity index (χ1n) is 11.3. The number of nitrogens with zero attached hydrogens (tertiary/aromatic N) is 2. The maximum atomic E-state index is 12.7. The van der Waals surface area contributed by atoms with Crippen LogP contribution >= 0.6 is 0 Å². The maximum Gasteiger partial charge on any atom is 0.245 e. The van der Waals surface area contributed by atoms with E-state index in [9.17, 15) is 13.2 Å². The van der Waals surface area contributed by atoms with E-state index in [1.54, 1.807) is 24.3 Å². The highest BCUT2D eigenvalue weighted by atomic mass is 32.2. The zero-order valence-corrected chi connectivity index (χ0v) is 20.0. The summed E-state index contributed by atoms with van der Waals surface area (Å²) in [6.07, 6.45) is 3.48. The van der Waals surface area contributed by atoms with Crippen molar-refractivity contribution in [1.29, 1.82) is 0 Å². The minimum absolute atomic E-state index is 0.322. The molecule has 0 spiro atoms. The van der Waals surface area contributed by atoms with Crippen LogP contribution in [0.4, 0.5) is 17.1 Å². The highest BCUT2D eigenvalue weighted by Gasteiger charge is 2.21. The van der Waals surface area contributed by atoms with Gasteiger partial charge in [0.25, 0.3) is 0 Å². The fourth-order valence-corrected chi connectivity index (χ4v) is 4.77. The molecule has 0 saturated carbocycles. The molecule has 1 aliphatic rings. The lowest BCUT2D eigenvalue weighted by atomic mass is 10.2. The molecule has 8 heteroatoms. The first kappa shape index (κ1) is 23.6. The van der Waals surface area contributed by atoms with Crippen LogP contribution in [0.5, 0.6) is 5.75 Å². The Kier molecular flexibility index (Phi) is 7.37. The van der Waals surface area contributed by atoms with E-state index in [1.807, 2.05) is 54.6 Å². The van der Waals surface area contributed by atoms with Crippen LogP contribution in [-0.2, 0) is 21.4 Å². The van der Waals surface area contributed by atoms with Gasteiger partial charge >= 0.3 is 0 Å². The molecule has 178 valence electrons.